The van der Waals surface area contributed by atoms with Crippen LogP contribution in [0.3, 0.4) is 0 Å². The van der Waals surface area contributed by atoms with Gasteiger partial charge in [0.25, 0.3) is 20.7 Å². The van der Waals surface area contributed by atoms with Crippen molar-refractivity contribution in [3.8, 4) is 0 Å². The van der Waals surface area contributed by atoms with E-state index in [4.69, 9.17) is 13.7 Å². The Balaban J connectivity index is 3.87. The Kier molecular flexibility index (Phi) is 6.64. The number of hydrogen-bond acceptors (Lipinski definition) is 3. The van der Waals surface area contributed by atoms with Crippen molar-refractivity contribution in [3.05, 3.63) is 0 Å². The van der Waals surface area contributed by atoms with Gasteiger partial charge in [0.15, 0.2) is 0 Å². The van der Waals surface area contributed by atoms with Gasteiger partial charge < -0.3 is 13.7 Å². The highest BCUT2D eigenvalue weighted by Crippen LogP contribution is 2.00. The molecule has 0 aliphatic rings. The van der Waals surface area contributed by atoms with E-state index in [0.29, 0.717) is 0 Å². The highest BCUT2D eigenvalue weighted by molar-refractivity contribution is 6.69. The molecule has 0 radical (unpaired) electrons. The van der Waals surface area contributed by atoms with Crippen LogP contribution in [0.1, 0.15) is 0 Å². The molecule has 0 spiro atoms. The molecular weight excluding hydrogens is 163 g/mol. The fraction of sp³-hybridized carbons (Fsp3) is 1.00. The summed E-state index contributed by atoms with van der Waals surface area (Å²) in [6.45, 7) is 12.1. The van der Waals surface area contributed by atoms with Crippen molar-refractivity contribution in [2.45, 2.75) is 40.9 Å². The molecule has 0 rings (SSSR count). The predicted molar refractivity (Wildman–Crippen MR) is 61.5 cm³/mol. The molecule has 0 unspecified atom stereocenters. The third kappa shape index (κ3) is 8.47. The third-order valence-electron chi connectivity index (χ3n) is 1.15. The summed E-state index contributed by atoms with van der Waals surface area (Å²) in [5, 5.41) is 0. The Morgan fingerprint density at radius 2 is 0.769 bits per heavy atom. The van der Waals surface area contributed by atoms with Gasteiger partial charge in [0.2, 0.25) is 0 Å². The zero-order valence-corrected chi connectivity index (χ0v) is 9.53. The van der Waals surface area contributed by atoms with Gasteiger partial charge >= 0.3 is 7.32 Å². The molecule has 0 aromatic carbocycles. The average molecular weight is 181 g/mol. The van der Waals surface area contributed by atoms with Crippen LogP contribution in [0.2, 0.25) is 40.9 Å². The Morgan fingerprint density at radius 3 is 0.923 bits per heavy atom. The molecule has 3 nitrogen and oxygen atoms in total. The molecule has 0 aliphatic carbocycles. The second kappa shape index (κ2) is 6.57. The minimum absolute atomic E-state index is 0.113. The summed E-state index contributed by atoms with van der Waals surface area (Å²) in [6, 6.07) is 0. The number of hydrogen-bond donors (Lipinski definition) is 0. The normalized spacial score (nSPS) is 9.69. The molecule has 0 saturated heterocycles. The summed E-state index contributed by atoms with van der Waals surface area (Å²) in [4.78, 5) is 0. The quantitative estimate of drug-likeness (QED) is 0.585. The topological polar surface area (TPSA) is 27.7 Å². The lowest BCUT2D eigenvalue weighted by Crippen LogP contribution is -2.38. The molecule has 0 amide bonds. The average Bonchev–Trinajstić information content (AvgIpc) is 1.80. The molecule has 0 aromatic rings. The summed E-state index contributed by atoms with van der Waals surface area (Å²) in [6.07, 6.45) is 0. The van der Waals surface area contributed by atoms with Gasteiger partial charge in [-0.3, -0.25) is 0 Å². The van der Waals surface area contributed by atoms with E-state index in [1.54, 1.807) is 0 Å². The van der Waals surface area contributed by atoms with E-state index in [1.165, 1.54) is 0 Å². The first-order valence-corrected chi connectivity index (χ1v) is 4.88. The fourth-order valence-electron chi connectivity index (χ4n) is 0.763. The van der Waals surface area contributed by atoms with Crippen molar-refractivity contribution in [2.75, 3.05) is 0 Å². The Morgan fingerprint density at radius 1 is 0.538 bits per heavy atom. The predicted octanol–water partition coefficient (Wildman–Crippen LogP) is 1.77. The lowest BCUT2D eigenvalue weighted by atomic mass is 9.68. The smallest absolute Gasteiger partial charge is 0.451 e. The van der Waals surface area contributed by atoms with Crippen molar-refractivity contribution in [2.24, 2.45) is 0 Å². The van der Waals surface area contributed by atoms with E-state index in [9.17, 15) is 0 Å². The molecule has 0 bridgehead atoms. The first kappa shape index (κ1) is 13.1. The molecule has 0 fully saturated rings. The Bertz CT molecular complexity index is 107. The van der Waals surface area contributed by atoms with E-state index in [0.717, 1.165) is 0 Å². The van der Waals surface area contributed by atoms with E-state index in [2.05, 4.69) is 0 Å². The standard InChI is InChI=1S/C6H18B4O3/c1-7(2)11-10(12-8(3)4)13-9(5)6/h1-6H3. The Hall–Kier alpha value is 0.140. The fourth-order valence-corrected chi connectivity index (χ4v) is 0.763. The van der Waals surface area contributed by atoms with Crippen LogP contribution in [0, 0.1) is 0 Å². The summed E-state index contributed by atoms with van der Waals surface area (Å²) in [5.74, 6) is 0. The van der Waals surface area contributed by atoms with Crippen molar-refractivity contribution in [3.63, 3.8) is 0 Å². The van der Waals surface area contributed by atoms with Gasteiger partial charge in [-0.25, -0.2) is 0 Å². The van der Waals surface area contributed by atoms with Gasteiger partial charge in [0.05, 0.1) is 0 Å². The summed E-state index contributed by atoms with van der Waals surface area (Å²) in [5.41, 5.74) is 0. The molecular formula is C6H18B4O3. The largest absolute Gasteiger partial charge is 0.592 e. The molecule has 0 N–H and O–H groups in total. The van der Waals surface area contributed by atoms with E-state index in [-0.39, 0.29) is 20.7 Å². The lowest BCUT2D eigenvalue weighted by Gasteiger charge is -2.19. The van der Waals surface area contributed by atoms with Crippen molar-refractivity contribution in [1.82, 2.24) is 0 Å². The van der Waals surface area contributed by atoms with Crippen LogP contribution in [-0.4, -0.2) is 28.1 Å². The van der Waals surface area contributed by atoms with Crippen LogP contribution >= 0.6 is 0 Å². The summed E-state index contributed by atoms with van der Waals surface area (Å²) in [7, 11) is -0.542. The van der Waals surface area contributed by atoms with Gasteiger partial charge in [-0.05, 0) is 0 Å². The zero-order valence-electron chi connectivity index (χ0n) is 9.53. The van der Waals surface area contributed by atoms with Crippen LogP contribution in [0.15, 0.2) is 0 Å². The monoisotopic (exact) mass is 182 g/mol. The molecule has 0 aliphatic heterocycles. The van der Waals surface area contributed by atoms with Gasteiger partial charge in [-0.1, -0.05) is 40.9 Å². The van der Waals surface area contributed by atoms with Crippen molar-refractivity contribution >= 4 is 28.1 Å². The lowest BCUT2D eigenvalue weighted by molar-refractivity contribution is 0.318. The second-order valence-corrected chi connectivity index (χ2v) is 3.84. The van der Waals surface area contributed by atoms with Gasteiger partial charge in [-0.2, -0.15) is 0 Å². The minimum atomic E-state index is -0.542. The zero-order chi connectivity index (χ0) is 10.4. The molecule has 0 aromatic heterocycles. The minimum Gasteiger partial charge on any atom is -0.451 e. The van der Waals surface area contributed by atoms with Crippen LogP contribution < -0.4 is 0 Å². The first-order valence-electron chi connectivity index (χ1n) is 4.88. The molecule has 7 heteroatoms. The molecule has 0 heterocycles. The van der Waals surface area contributed by atoms with Crippen LogP contribution in [0.4, 0.5) is 0 Å². The number of rotatable bonds is 6. The van der Waals surface area contributed by atoms with Gasteiger partial charge in [0, 0.05) is 0 Å². The molecule has 13 heavy (non-hydrogen) atoms. The first-order chi connectivity index (χ1) is 5.91. The maximum atomic E-state index is 5.43. The SMILES string of the molecule is CB(C)OB(OB(C)C)OB(C)C. The van der Waals surface area contributed by atoms with E-state index in [1.807, 2.05) is 40.9 Å². The van der Waals surface area contributed by atoms with Crippen LogP contribution in [0.25, 0.3) is 0 Å². The van der Waals surface area contributed by atoms with E-state index < -0.39 is 7.32 Å². The molecule has 0 atom stereocenters. The molecule has 72 valence electrons. The van der Waals surface area contributed by atoms with Gasteiger partial charge in [-0.15, -0.1) is 0 Å². The third-order valence-corrected chi connectivity index (χ3v) is 1.15. The van der Waals surface area contributed by atoms with Crippen molar-refractivity contribution in [1.29, 1.82) is 0 Å². The maximum absolute atomic E-state index is 5.43. The van der Waals surface area contributed by atoms with E-state index >= 15 is 0 Å². The highest BCUT2D eigenvalue weighted by atomic mass is 16.7. The Labute approximate surface area is 83.4 Å². The van der Waals surface area contributed by atoms with Crippen LogP contribution in [0.5, 0.6) is 0 Å². The summed E-state index contributed by atoms with van der Waals surface area (Å²) < 4.78 is 16.3. The highest BCUT2D eigenvalue weighted by Gasteiger charge is 2.26. The molecule has 0 saturated carbocycles. The van der Waals surface area contributed by atoms with Crippen LogP contribution in [-0.2, 0) is 13.7 Å². The van der Waals surface area contributed by atoms with Gasteiger partial charge in [0.1, 0.15) is 0 Å². The van der Waals surface area contributed by atoms with Crippen molar-refractivity contribution < 1.29 is 13.7 Å². The second-order valence-electron chi connectivity index (χ2n) is 3.84. The summed E-state index contributed by atoms with van der Waals surface area (Å²) >= 11 is 0. The maximum Gasteiger partial charge on any atom is 0.592 e.